The fourth-order valence-corrected chi connectivity index (χ4v) is 3.54. The molecule has 0 bridgehead atoms. The zero-order chi connectivity index (χ0) is 18.1. The molecule has 1 amide bonds. The van der Waals surface area contributed by atoms with Crippen LogP contribution in [0.4, 0.5) is 0 Å². The van der Waals surface area contributed by atoms with Gasteiger partial charge in [-0.25, -0.2) is 0 Å². The van der Waals surface area contributed by atoms with Gasteiger partial charge in [0.1, 0.15) is 5.56 Å². The van der Waals surface area contributed by atoms with Gasteiger partial charge in [0.25, 0.3) is 11.5 Å². The predicted molar refractivity (Wildman–Crippen MR) is 92.7 cm³/mol. The molecule has 2 aromatic rings. The molecule has 0 saturated carbocycles. The second kappa shape index (κ2) is 6.55. The van der Waals surface area contributed by atoms with Crippen LogP contribution in [-0.2, 0) is 4.79 Å². The first-order chi connectivity index (χ1) is 11.9. The largest absolute Gasteiger partial charge is 0.481 e. The molecule has 0 spiro atoms. The lowest BCUT2D eigenvalue weighted by atomic mass is 9.89. The number of nitrogens with one attached hydrogen (secondary N) is 1. The Labute approximate surface area is 145 Å². The monoisotopic (exact) mass is 340 g/mol. The Bertz CT molecular complexity index is 873. The van der Waals surface area contributed by atoms with Gasteiger partial charge in [-0.1, -0.05) is 30.3 Å². The van der Waals surface area contributed by atoms with Gasteiger partial charge in [0.15, 0.2) is 0 Å². The minimum Gasteiger partial charge on any atom is -0.481 e. The number of carbonyl (C=O) groups is 2. The number of aliphatic carboxylic acids is 1. The molecule has 1 saturated heterocycles. The summed E-state index contributed by atoms with van der Waals surface area (Å²) < 4.78 is 0. The highest BCUT2D eigenvalue weighted by Gasteiger charge is 2.41. The van der Waals surface area contributed by atoms with Gasteiger partial charge in [-0.05, 0) is 31.0 Å². The second-order valence-electron chi connectivity index (χ2n) is 6.51. The number of nitrogens with zero attached hydrogens (tertiary/aromatic N) is 1. The smallest absolute Gasteiger partial charge is 0.308 e. The molecule has 130 valence electrons. The summed E-state index contributed by atoms with van der Waals surface area (Å²) in [5.74, 6) is -2.31. The van der Waals surface area contributed by atoms with E-state index in [1.54, 1.807) is 19.9 Å². The summed E-state index contributed by atoms with van der Waals surface area (Å²) in [6, 6.07) is 11.1. The average Bonchev–Trinajstić information content (AvgIpc) is 3.00. The Kier molecular flexibility index (Phi) is 4.44. The number of benzene rings is 1. The molecule has 6 heteroatoms. The van der Waals surface area contributed by atoms with Crippen molar-refractivity contribution < 1.29 is 14.7 Å². The summed E-state index contributed by atoms with van der Waals surface area (Å²) in [6.07, 6.45) is 0. The van der Waals surface area contributed by atoms with Gasteiger partial charge in [-0.3, -0.25) is 14.4 Å². The Morgan fingerprint density at radius 2 is 1.84 bits per heavy atom. The van der Waals surface area contributed by atoms with Crippen molar-refractivity contribution in [3.8, 4) is 0 Å². The van der Waals surface area contributed by atoms with Crippen LogP contribution in [0.15, 0.2) is 41.2 Å². The summed E-state index contributed by atoms with van der Waals surface area (Å²) in [6.45, 7) is 3.85. The lowest BCUT2D eigenvalue weighted by Gasteiger charge is -2.17. The number of carboxylic acid groups (broad SMARTS) is 1. The molecular formula is C19H20N2O4. The van der Waals surface area contributed by atoms with Gasteiger partial charge in [0, 0.05) is 24.7 Å². The number of H-pyrrole nitrogens is 1. The summed E-state index contributed by atoms with van der Waals surface area (Å²) in [5.41, 5.74) is 1.83. The first-order valence-electron chi connectivity index (χ1n) is 8.16. The molecule has 1 aliphatic rings. The Morgan fingerprint density at radius 3 is 2.44 bits per heavy atom. The van der Waals surface area contributed by atoms with E-state index in [0.717, 1.165) is 5.56 Å². The van der Waals surface area contributed by atoms with Crippen molar-refractivity contribution >= 4 is 11.9 Å². The molecule has 1 aliphatic heterocycles. The van der Waals surface area contributed by atoms with E-state index in [1.165, 1.54) is 4.90 Å². The number of likely N-dealkylation sites (tertiary alicyclic amines) is 1. The Hall–Kier alpha value is -2.89. The number of pyridine rings is 1. The van der Waals surface area contributed by atoms with Crippen LogP contribution in [0.5, 0.6) is 0 Å². The van der Waals surface area contributed by atoms with Crippen LogP contribution in [0.3, 0.4) is 0 Å². The lowest BCUT2D eigenvalue weighted by molar-refractivity contribution is -0.141. The summed E-state index contributed by atoms with van der Waals surface area (Å²) in [5, 5.41) is 9.55. The van der Waals surface area contributed by atoms with E-state index in [4.69, 9.17) is 0 Å². The van der Waals surface area contributed by atoms with E-state index < -0.39 is 23.4 Å². The van der Waals surface area contributed by atoms with Crippen molar-refractivity contribution in [3.63, 3.8) is 0 Å². The number of aromatic amines is 1. The van der Waals surface area contributed by atoms with Crippen LogP contribution in [0.2, 0.25) is 0 Å². The number of rotatable bonds is 3. The predicted octanol–water partition coefficient (Wildman–Crippen LogP) is 1.93. The van der Waals surface area contributed by atoms with Crippen molar-refractivity contribution in [1.82, 2.24) is 9.88 Å². The SMILES string of the molecule is Cc1cc(C)c(C(=O)N2C[C@H](C(=O)O)[C@H](c3ccccc3)C2)c(=O)[nH]1. The molecule has 0 aliphatic carbocycles. The highest BCUT2D eigenvalue weighted by atomic mass is 16.4. The molecule has 2 heterocycles. The first kappa shape index (κ1) is 17.0. The number of hydrogen-bond donors (Lipinski definition) is 2. The summed E-state index contributed by atoms with van der Waals surface area (Å²) >= 11 is 0. The zero-order valence-electron chi connectivity index (χ0n) is 14.2. The number of aromatic nitrogens is 1. The van der Waals surface area contributed by atoms with E-state index >= 15 is 0 Å². The number of hydrogen-bond acceptors (Lipinski definition) is 3. The van der Waals surface area contributed by atoms with Gasteiger partial charge < -0.3 is 15.0 Å². The minimum atomic E-state index is -0.932. The van der Waals surface area contributed by atoms with Crippen molar-refractivity contribution in [3.05, 3.63) is 69.1 Å². The van der Waals surface area contributed by atoms with Crippen LogP contribution >= 0.6 is 0 Å². The third-order valence-electron chi connectivity index (χ3n) is 4.73. The third-order valence-corrected chi connectivity index (χ3v) is 4.73. The molecule has 2 atom stereocenters. The molecule has 25 heavy (non-hydrogen) atoms. The molecule has 6 nitrogen and oxygen atoms in total. The van der Waals surface area contributed by atoms with E-state index in [-0.39, 0.29) is 24.6 Å². The number of carbonyl (C=O) groups excluding carboxylic acids is 1. The molecule has 0 radical (unpaired) electrons. The fourth-order valence-electron chi connectivity index (χ4n) is 3.54. The molecule has 1 aromatic carbocycles. The van der Waals surface area contributed by atoms with Gasteiger partial charge in [0.2, 0.25) is 0 Å². The molecular weight excluding hydrogens is 320 g/mol. The van der Waals surface area contributed by atoms with Gasteiger partial charge in [0.05, 0.1) is 5.92 Å². The number of carboxylic acids is 1. The Morgan fingerprint density at radius 1 is 1.16 bits per heavy atom. The van der Waals surface area contributed by atoms with Crippen LogP contribution < -0.4 is 5.56 Å². The average molecular weight is 340 g/mol. The van der Waals surface area contributed by atoms with Crippen LogP contribution in [-0.4, -0.2) is 40.0 Å². The van der Waals surface area contributed by atoms with E-state index in [9.17, 15) is 19.5 Å². The van der Waals surface area contributed by atoms with E-state index in [1.807, 2.05) is 30.3 Å². The topological polar surface area (TPSA) is 90.5 Å². The standard InChI is InChI=1S/C19H20N2O4/c1-11-8-12(2)20-17(22)16(11)18(23)21-9-14(15(10-21)19(24)25)13-6-4-3-5-7-13/h3-8,14-15H,9-10H2,1-2H3,(H,20,22)(H,24,25)/t14-,15-/m0/s1. The quantitative estimate of drug-likeness (QED) is 0.893. The number of amides is 1. The van der Waals surface area contributed by atoms with Crippen molar-refractivity contribution in [2.24, 2.45) is 5.92 Å². The lowest BCUT2D eigenvalue weighted by Crippen LogP contribution is -2.35. The van der Waals surface area contributed by atoms with Gasteiger partial charge >= 0.3 is 5.97 Å². The number of aryl methyl sites for hydroxylation is 2. The molecule has 0 unspecified atom stereocenters. The second-order valence-corrected chi connectivity index (χ2v) is 6.51. The first-order valence-corrected chi connectivity index (χ1v) is 8.16. The van der Waals surface area contributed by atoms with E-state index in [0.29, 0.717) is 11.3 Å². The molecule has 1 aromatic heterocycles. The normalized spacial score (nSPS) is 19.8. The maximum absolute atomic E-state index is 12.9. The summed E-state index contributed by atoms with van der Waals surface area (Å²) in [7, 11) is 0. The third kappa shape index (κ3) is 3.20. The highest BCUT2D eigenvalue weighted by Crippen LogP contribution is 2.33. The van der Waals surface area contributed by atoms with Crippen molar-refractivity contribution in [1.29, 1.82) is 0 Å². The maximum Gasteiger partial charge on any atom is 0.308 e. The summed E-state index contributed by atoms with van der Waals surface area (Å²) in [4.78, 5) is 40.8. The van der Waals surface area contributed by atoms with Crippen LogP contribution in [0.1, 0.15) is 33.1 Å². The molecule has 3 rings (SSSR count). The van der Waals surface area contributed by atoms with Gasteiger partial charge in [-0.2, -0.15) is 0 Å². The van der Waals surface area contributed by atoms with Crippen LogP contribution in [0, 0.1) is 19.8 Å². The molecule has 2 N–H and O–H groups in total. The van der Waals surface area contributed by atoms with Crippen LogP contribution in [0.25, 0.3) is 0 Å². The van der Waals surface area contributed by atoms with Crippen molar-refractivity contribution in [2.75, 3.05) is 13.1 Å². The minimum absolute atomic E-state index is 0.0865. The van der Waals surface area contributed by atoms with Crippen molar-refractivity contribution in [2.45, 2.75) is 19.8 Å². The maximum atomic E-state index is 12.9. The Balaban J connectivity index is 1.93. The van der Waals surface area contributed by atoms with E-state index in [2.05, 4.69) is 4.98 Å². The molecule has 1 fully saturated rings. The highest BCUT2D eigenvalue weighted by molar-refractivity contribution is 5.96. The van der Waals surface area contributed by atoms with Gasteiger partial charge in [-0.15, -0.1) is 0 Å². The zero-order valence-corrected chi connectivity index (χ0v) is 14.2. The fraction of sp³-hybridized carbons (Fsp3) is 0.316.